The Morgan fingerprint density at radius 1 is 1.21 bits per heavy atom. The highest BCUT2D eigenvalue weighted by atomic mass is 32.2. The first kappa shape index (κ1) is 26.4. The Labute approximate surface area is 224 Å². The van der Waals surface area contributed by atoms with Gasteiger partial charge in [-0.05, 0) is 69.5 Å². The maximum Gasteiger partial charge on any atom is 0.263 e. The summed E-state index contributed by atoms with van der Waals surface area (Å²) in [5.41, 5.74) is 0.571. The standard InChI is InChI=1S/C26H31FN6O3S2/c1-18(2)37(34)32-11-7-21(16-32)38(35,36)30-22-15-20(27)14-19(3)24(22)25(28)33-13-12-31(17-26(33)8-9-26)23-6-4-5-10-29-23/h4-7,10-11,14-16,18,28,30H,8-9,12-13,17H2,1-3H3. The number of nitrogens with one attached hydrogen (secondary N) is 2. The lowest BCUT2D eigenvalue weighted by atomic mass is 10.0. The minimum Gasteiger partial charge on any atom is -0.352 e. The number of amidine groups is 1. The summed E-state index contributed by atoms with van der Waals surface area (Å²) in [7, 11) is -5.56. The topological polar surface area (TPSA) is 111 Å². The Morgan fingerprint density at radius 2 is 1.97 bits per heavy atom. The van der Waals surface area contributed by atoms with E-state index < -0.39 is 26.8 Å². The summed E-state index contributed by atoms with van der Waals surface area (Å²) < 4.78 is 57.3. The smallest absolute Gasteiger partial charge is 0.263 e. The van der Waals surface area contributed by atoms with Crippen LogP contribution in [0.15, 0.2) is 59.9 Å². The summed E-state index contributed by atoms with van der Waals surface area (Å²) in [6.07, 6.45) is 6.31. The number of aryl methyl sites for hydroxylation is 1. The SMILES string of the molecule is Cc1cc(F)cc(NS(=O)(=O)c2ccn(S(=O)C(C)C)c2)c1C(=N)N1CCN(c2ccccn2)CC12CC2. The third kappa shape index (κ3) is 4.94. The second-order valence-electron chi connectivity index (χ2n) is 10.1. The number of anilines is 2. The van der Waals surface area contributed by atoms with Crippen molar-refractivity contribution in [3.8, 4) is 0 Å². The molecule has 3 aromatic rings. The fraction of sp³-hybridized carbons (Fsp3) is 0.385. The number of aromatic nitrogens is 2. The van der Waals surface area contributed by atoms with Gasteiger partial charge in [-0.3, -0.25) is 14.1 Å². The second-order valence-corrected chi connectivity index (χ2v) is 13.7. The van der Waals surface area contributed by atoms with Gasteiger partial charge in [-0.15, -0.1) is 0 Å². The molecule has 202 valence electrons. The van der Waals surface area contributed by atoms with E-state index >= 15 is 0 Å². The van der Waals surface area contributed by atoms with Crippen LogP contribution < -0.4 is 9.62 Å². The van der Waals surface area contributed by atoms with E-state index in [0.717, 1.165) is 24.7 Å². The maximum atomic E-state index is 14.5. The van der Waals surface area contributed by atoms with Crippen molar-refractivity contribution in [2.24, 2.45) is 0 Å². The van der Waals surface area contributed by atoms with E-state index in [-0.39, 0.29) is 27.2 Å². The number of halogens is 1. The van der Waals surface area contributed by atoms with Crippen LogP contribution in [0, 0.1) is 18.2 Å². The van der Waals surface area contributed by atoms with Crippen LogP contribution in [0.1, 0.15) is 37.8 Å². The quantitative estimate of drug-likeness (QED) is 0.338. The molecular formula is C26H31FN6O3S2. The molecule has 1 aliphatic heterocycles. The molecule has 1 spiro atoms. The first-order valence-corrected chi connectivity index (χ1v) is 15.1. The number of rotatable bonds is 7. The molecule has 38 heavy (non-hydrogen) atoms. The van der Waals surface area contributed by atoms with E-state index in [0.29, 0.717) is 30.8 Å². The molecule has 5 rings (SSSR count). The molecule has 2 aliphatic rings. The Balaban J connectivity index is 1.43. The fourth-order valence-corrected chi connectivity index (χ4v) is 7.00. The largest absolute Gasteiger partial charge is 0.352 e. The van der Waals surface area contributed by atoms with Crippen molar-refractivity contribution in [1.82, 2.24) is 13.9 Å². The van der Waals surface area contributed by atoms with E-state index in [2.05, 4.69) is 14.6 Å². The number of nitrogens with zero attached hydrogens (tertiary/aromatic N) is 4. The zero-order chi connectivity index (χ0) is 27.2. The van der Waals surface area contributed by atoms with Crippen molar-refractivity contribution >= 4 is 38.3 Å². The third-order valence-corrected chi connectivity index (χ3v) is 9.86. The molecule has 0 bridgehead atoms. The molecule has 3 heterocycles. The predicted molar refractivity (Wildman–Crippen MR) is 147 cm³/mol. The van der Waals surface area contributed by atoms with Gasteiger partial charge in [0.1, 0.15) is 33.4 Å². The molecule has 9 nitrogen and oxygen atoms in total. The Hall–Kier alpha value is -3.25. The van der Waals surface area contributed by atoms with Crippen LogP contribution in [0.5, 0.6) is 0 Å². The van der Waals surface area contributed by atoms with Gasteiger partial charge in [0.2, 0.25) is 0 Å². The van der Waals surface area contributed by atoms with Crippen LogP contribution in [0.25, 0.3) is 0 Å². The first-order chi connectivity index (χ1) is 18.0. The van der Waals surface area contributed by atoms with Crippen LogP contribution in [0.2, 0.25) is 0 Å². The number of hydrogen-bond acceptors (Lipinski definition) is 6. The molecule has 1 saturated carbocycles. The van der Waals surface area contributed by atoms with Gasteiger partial charge in [-0.2, -0.15) is 0 Å². The number of benzene rings is 1. The summed E-state index contributed by atoms with van der Waals surface area (Å²) in [6, 6.07) is 9.58. The van der Waals surface area contributed by atoms with Crippen molar-refractivity contribution in [1.29, 1.82) is 5.41 Å². The average molecular weight is 559 g/mol. The van der Waals surface area contributed by atoms with Gasteiger partial charge in [0.25, 0.3) is 10.0 Å². The highest BCUT2D eigenvalue weighted by Gasteiger charge is 2.53. The van der Waals surface area contributed by atoms with Gasteiger partial charge in [0.15, 0.2) is 0 Å². The molecule has 1 atom stereocenters. The van der Waals surface area contributed by atoms with E-state index in [1.54, 1.807) is 27.0 Å². The molecule has 2 aromatic heterocycles. The number of sulfonamides is 1. The van der Waals surface area contributed by atoms with Crippen molar-refractivity contribution in [2.75, 3.05) is 29.3 Å². The van der Waals surface area contributed by atoms with Crippen LogP contribution in [-0.4, -0.2) is 62.7 Å². The van der Waals surface area contributed by atoms with E-state index in [1.807, 2.05) is 23.1 Å². The highest BCUT2D eigenvalue weighted by molar-refractivity contribution is 7.92. The molecule has 0 amide bonds. The summed E-state index contributed by atoms with van der Waals surface area (Å²) >= 11 is 0. The lowest BCUT2D eigenvalue weighted by Crippen LogP contribution is -2.57. The minimum absolute atomic E-state index is 0.00758. The first-order valence-electron chi connectivity index (χ1n) is 12.5. The normalized spacial score (nSPS) is 17.6. The van der Waals surface area contributed by atoms with Crippen LogP contribution in [0.3, 0.4) is 0 Å². The zero-order valence-electron chi connectivity index (χ0n) is 21.5. The molecule has 1 aliphatic carbocycles. The van der Waals surface area contributed by atoms with Crippen LogP contribution in [-0.2, 0) is 21.0 Å². The number of pyridine rings is 1. The van der Waals surface area contributed by atoms with Gasteiger partial charge in [-0.25, -0.2) is 22.0 Å². The number of hydrogen-bond donors (Lipinski definition) is 2. The molecule has 12 heteroatoms. The van der Waals surface area contributed by atoms with E-state index in [1.165, 1.54) is 28.5 Å². The lowest BCUT2D eigenvalue weighted by Gasteiger charge is -2.44. The maximum absolute atomic E-state index is 14.5. The highest BCUT2D eigenvalue weighted by Crippen LogP contribution is 2.46. The van der Waals surface area contributed by atoms with Gasteiger partial charge < -0.3 is 9.80 Å². The van der Waals surface area contributed by atoms with Crippen molar-refractivity contribution in [3.63, 3.8) is 0 Å². The summed E-state index contributed by atoms with van der Waals surface area (Å²) in [4.78, 5) is 8.61. The van der Waals surface area contributed by atoms with Crippen molar-refractivity contribution < 1.29 is 17.0 Å². The van der Waals surface area contributed by atoms with Crippen LogP contribution in [0.4, 0.5) is 15.9 Å². The molecule has 1 saturated heterocycles. The van der Waals surface area contributed by atoms with E-state index in [9.17, 15) is 17.0 Å². The average Bonchev–Trinajstić information content (AvgIpc) is 3.43. The second kappa shape index (κ2) is 9.81. The number of piperazine rings is 1. The Morgan fingerprint density at radius 3 is 2.63 bits per heavy atom. The minimum atomic E-state index is -4.13. The zero-order valence-corrected chi connectivity index (χ0v) is 23.2. The Bertz CT molecular complexity index is 1500. The Kier molecular flexibility index (Phi) is 6.80. The molecule has 0 radical (unpaired) electrons. The van der Waals surface area contributed by atoms with Gasteiger partial charge >= 0.3 is 0 Å². The molecule has 1 aromatic carbocycles. The van der Waals surface area contributed by atoms with E-state index in [4.69, 9.17) is 5.41 Å². The molecular weight excluding hydrogens is 527 g/mol. The van der Waals surface area contributed by atoms with Crippen molar-refractivity contribution in [3.05, 3.63) is 71.9 Å². The predicted octanol–water partition coefficient (Wildman–Crippen LogP) is 3.73. The summed E-state index contributed by atoms with van der Waals surface area (Å²) in [5, 5.41) is 8.96. The van der Waals surface area contributed by atoms with Gasteiger partial charge in [0, 0.05) is 49.0 Å². The van der Waals surface area contributed by atoms with Gasteiger partial charge in [-0.1, -0.05) is 6.07 Å². The monoisotopic (exact) mass is 558 g/mol. The van der Waals surface area contributed by atoms with Crippen LogP contribution >= 0.6 is 0 Å². The summed E-state index contributed by atoms with van der Waals surface area (Å²) in [6.45, 7) is 7.15. The molecule has 1 unspecified atom stereocenters. The fourth-order valence-electron chi connectivity index (χ4n) is 4.98. The third-order valence-electron chi connectivity index (χ3n) is 7.06. The van der Waals surface area contributed by atoms with Gasteiger partial charge in [0.05, 0.1) is 11.2 Å². The van der Waals surface area contributed by atoms with Crippen molar-refractivity contribution in [2.45, 2.75) is 49.3 Å². The molecule has 2 fully saturated rings. The lowest BCUT2D eigenvalue weighted by molar-refractivity contribution is 0.258. The summed E-state index contributed by atoms with van der Waals surface area (Å²) in [5.74, 6) is 0.454. The molecule has 2 N–H and O–H groups in total.